The molecule has 1 aliphatic heterocycles. The molecule has 0 spiro atoms. The van der Waals surface area contributed by atoms with Crippen molar-refractivity contribution >= 4 is 0 Å². The highest BCUT2D eigenvalue weighted by molar-refractivity contribution is 5.59. The molecule has 6 heteroatoms. The average Bonchev–Trinajstić information content (AvgIpc) is 3.05. The number of hydrogen-bond donors (Lipinski definition) is 1. The Morgan fingerprint density at radius 1 is 1.19 bits per heavy atom. The van der Waals surface area contributed by atoms with Crippen molar-refractivity contribution in [3.63, 3.8) is 0 Å². The summed E-state index contributed by atoms with van der Waals surface area (Å²) in [7, 11) is 3.21. The molecule has 1 atom stereocenters. The van der Waals surface area contributed by atoms with Crippen molar-refractivity contribution in [3.8, 4) is 23.0 Å². The standard InChI is InChI=1S/C15H19N3O3/c1-19-12-7-6-10(9-13(12)20-2)15-17-14(18-21-15)11-5-3-4-8-16-11/h6-7,9,11,16H,3-5,8H2,1-2H3. The van der Waals surface area contributed by atoms with E-state index in [1.54, 1.807) is 14.2 Å². The predicted molar refractivity (Wildman–Crippen MR) is 77.4 cm³/mol. The van der Waals surface area contributed by atoms with Gasteiger partial charge in [0.2, 0.25) is 0 Å². The normalized spacial score (nSPS) is 18.5. The van der Waals surface area contributed by atoms with E-state index in [9.17, 15) is 0 Å². The van der Waals surface area contributed by atoms with Crippen LogP contribution in [0.25, 0.3) is 11.5 Å². The fourth-order valence-corrected chi connectivity index (χ4v) is 2.54. The SMILES string of the molecule is COc1ccc(-c2nc(C3CCCCN3)no2)cc1OC. The van der Waals surface area contributed by atoms with Gasteiger partial charge in [-0.05, 0) is 37.6 Å². The minimum absolute atomic E-state index is 0.191. The summed E-state index contributed by atoms with van der Waals surface area (Å²) in [5, 5.41) is 7.50. The lowest BCUT2D eigenvalue weighted by Crippen LogP contribution is -2.27. The first-order valence-corrected chi connectivity index (χ1v) is 7.11. The lowest BCUT2D eigenvalue weighted by atomic mass is 10.0. The Morgan fingerprint density at radius 3 is 2.76 bits per heavy atom. The third kappa shape index (κ3) is 2.85. The van der Waals surface area contributed by atoms with Gasteiger partial charge in [-0.3, -0.25) is 0 Å². The van der Waals surface area contributed by atoms with E-state index in [2.05, 4.69) is 15.5 Å². The van der Waals surface area contributed by atoms with E-state index >= 15 is 0 Å². The first kappa shape index (κ1) is 13.9. The van der Waals surface area contributed by atoms with Gasteiger partial charge in [-0.2, -0.15) is 4.98 Å². The van der Waals surface area contributed by atoms with Gasteiger partial charge in [-0.15, -0.1) is 0 Å². The van der Waals surface area contributed by atoms with E-state index in [1.807, 2.05) is 18.2 Å². The van der Waals surface area contributed by atoms with Gasteiger partial charge in [0.15, 0.2) is 17.3 Å². The van der Waals surface area contributed by atoms with Crippen LogP contribution < -0.4 is 14.8 Å². The Balaban J connectivity index is 1.85. The van der Waals surface area contributed by atoms with E-state index in [4.69, 9.17) is 14.0 Å². The minimum atomic E-state index is 0.191. The zero-order valence-corrected chi connectivity index (χ0v) is 12.3. The Morgan fingerprint density at radius 2 is 2.05 bits per heavy atom. The molecule has 1 aromatic carbocycles. The fourth-order valence-electron chi connectivity index (χ4n) is 2.54. The van der Waals surface area contributed by atoms with Gasteiger partial charge >= 0.3 is 0 Å². The number of ether oxygens (including phenoxy) is 2. The minimum Gasteiger partial charge on any atom is -0.493 e. The van der Waals surface area contributed by atoms with Crippen LogP contribution in [-0.2, 0) is 0 Å². The van der Waals surface area contributed by atoms with E-state index < -0.39 is 0 Å². The van der Waals surface area contributed by atoms with Crippen molar-refractivity contribution in [1.29, 1.82) is 0 Å². The highest BCUT2D eigenvalue weighted by atomic mass is 16.5. The van der Waals surface area contributed by atoms with Crippen LogP contribution in [0.5, 0.6) is 11.5 Å². The molecule has 0 saturated carbocycles. The number of hydrogen-bond acceptors (Lipinski definition) is 6. The topological polar surface area (TPSA) is 69.4 Å². The third-order valence-corrected chi connectivity index (χ3v) is 3.69. The van der Waals surface area contributed by atoms with Crippen LogP contribution >= 0.6 is 0 Å². The lowest BCUT2D eigenvalue weighted by Gasteiger charge is -2.19. The number of nitrogens with zero attached hydrogens (tertiary/aromatic N) is 2. The van der Waals surface area contributed by atoms with Crippen molar-refractivity contribution in [3.05, 3.63) is 24.0 Å². The van der Waals surface area contributed by atoms with E-state index in [1.165, 1.54) is 12.8 Å². The van der Waals surface area contributed by atoms with E-state index in [0.717, 1.165) is 24.4 Å². The molecule has 0 aliphatic carbocycles. The molecule has 1 saturated heterocycles. The second kappa shape index (κ2) is 6.13. The van der Waals surface area contributed by atoms with Crippen molar-refractivity contribution in [1.82, 2.24) is 15.5 Å². The number of methoxy groups -OCH3 is 2. The molecule has 1 aromatic heterocycles. The smallest absolute Gasteiger partial charge is 0.258 e. The molecule has 2 heterocycles. The Kier molecular flexibility index (Phi) is 4.06. The van der Waals surface area contributed by atoms with Crippen molar-refractivity contribution < 1.29 is 14.0 Å². The van der Waals surface area contributed by atoms with Crippen molar-refractivity contribution in [2.75, 3.05) is 20.8 Å². The number of nitrogens with one attached hydrogen (secondary N) is 1. The van der Waals surface area contributed by atoms with Crippen LogP contribution in [0.2, 0.25) is 0 Å². The first-order valence-electron chi connectivity index (χ1n) is 7.11. The van der Waals surface area contributed by atoms with Gasteiger partial charge < -0.3 is 19.3 Å². The third-order valence-electron chi connectivity index (χ3n) is 3.69. The Bertz CT molecular complexity index is 606. The molecule has 1 aliphatic rings. The maximum Gasteiger partial charge on any atom is 0.258 e. The molecule has 2 aromatic rings. The summed E-state index contributed by atoms with van der Waals surface area (Å²) in [6.07, 6.45) is 3.44. The molecular formula is C15H19N3O3. The summed E-state index contributed by atoms with van der Waals surface area (Å²) in [4.78, 5) is 4.50. The molecule has 0 bridgehead atoms. The van der Waals surface area contributed by atoms with Crippen LogP contribution in [0.1, 0.15) is 31.1 Å². The maximum atomic E-state index is 5.38. The summed E-state index contributed by atoms with van der Waals surface area (Å²) < 4.78 is 15.9. The number of aromatic nitrogens is 2. The van der Waals surface area contributed by atoms with Crippen LogP contribution in [0.4, 0.5) is 0 Å². The van der Waals surface area contributed by atoms with Crippen LogP contribution in [-0.4, -0.2) is 30.9 Å². The van der Waals surface area contributed by atoms with Gasteiger partial charge in [-0.1, -0.05) is 11.6 Å². The molecule has 1 fully saturated rings. The summed E-state index contributed by atoms with van der Waals surface area (Å²) in [6, 6.07) is 5.74. The van der Waals surface area contributed by atoms with Crippen molar-refractivity contribution in [2.24, 2.45) is 0 Å². The molecule has 0 radical (unpaired) electrons. The van der Waals surface area contributed by atoms with Crippen LogP contribution in [0.15, 0.2) is 22.7 Å². The van der Waals surface area contributed by atoms with Crippen molar-refractivity contribution in [2.45, 2.75) is 25.3 Å². The Labute approximate surface area is 123 Å². The lowest BCUT2D eigenvalue weighted by molar-refractivity contribution is 0.354. The highest BCUT2D eigenvalue weighted by Crippen LogP contribution is 2.32. The van der Waals surface area contributed by atoms with Gasteiger partial charge in [0.05, 0.1) is 20.3 Å². The summed E-state index contributed by atoms with van der Waals surface area (Å²) in [5.41, 5.74) is 0.821. The predicted octanol–water partition coefficient (Wildman–Crippen LogP) is 2.57. The maximum absolute atomic E-state index is 5.38. The zero-order valence-electron chi connectivity index (χ0n) is 12.3. The monoisotopic (exact) mass is 289 g/mol. The molecule has 6 nitrogen and oxygen atoms in total. The largest absolute Gasteiger partial charge is 0.493 e. The fraction of sp³-hybridized carbons (Fsp3) is 0.467. The molecule has 21 heavy (non-hydrogen) atoms. The van der Waals surface area contributed by atoms with Crippen LogP contribution in [0, 0.1) is 0 Å². The first-order chi connectivity index (χ1) is 10.3. The van der Waals surface area contributed by atoms with Gasteiger partial charge in [0, 0.05) is 5.56 Å². The molecule has 3 rings (SSSR count). The van der Waals surface area contributed by atoms with Gasteiger partial charge in [0.1, 0.15) is 0 Å². The number of piperidine rings is 1. The highest BCUT2D eigenvalue weighted by Gasteiger charge is 2.21. The molecule has 1 N–H and O–H groups in total. The van der Waals surface area contributed by atoms with E-state index in [0.29, 0.717) is 17.4 Å². The second-order valence-electron chi connectivity index (χ2n) is 5.03. The Hall–Kier alpha value is -2.08. The zero-order chi connectivity index (χ0) is 14.7. The molecular weight excluding hydrogens is 270 g/mol. The van der Waals surface area contributed by atoms with Gasteiger partial charge in [-0.25, -0.2) is 0 Å². The summed E-state index contributed by atoms with van der Waals surface area (Å²) >= 11 is 0. The van der Waals surface area contributed by atoms with Gasteiger partial charge in [0.25, 0.3) is 5.89 Å². The average molecular weight is 289 g/mol. The second-order valence-corrected chi connectivity index (χ2v) is 5.03. The molecule has 1 unspecified atom stereocenters. The number of rotatable bonds is 4. The summed E-state index contributed by atoms with van der Waals surface area (Å²) in [6.45, 7) is 1.00. The molecule has 0 amide bonds. The quantitative estimate of drug-likeness (QED) is 0.933. The van der Waals surface area contributed by atoms with E-state index in [-0.39, 0.29) is 6.04 Å². The number of benzene rings is 1. The summed E-state index contributed by atoms with van der Waals surface area (Å²) in [5.74, 6) is 2.54. The van der Waals surface area contributed by atoms with Crippen LogP contribution in [0.3, 0.4) is 0 Å². The molecule has 112 valence electrons.